The highest BCUT2D eigenvalue weighted by molar-refractivity contribution is 7.09. The molecule has 1 aromatic heterocycles. The molecular formula is C12H10ClNOS. The molecular weight excluding hydrogens is 242 g/mol. The van der Waals surface area contributed by atoms with Crippen LogP contribution < -0.4 is 5.32 Å². The molecule has 0 fully saturated rings. The molecule has 0 radical (unpaired) electrons. The van der Waals surface area contributed by atoms with Crippen molar-refractivity contribution in [3.05, 3.63) is 57.2 Å². The standard InChI is InChI=1S/C12H10ClNOS/c13-10-5-3-9(4-6-10)12(15)14-8-11-2-1-7-16-11/h1-7H,8H2,(H,14,15). The van der Waals surface area contributed by atoms with Crippen LogP contribution >= 0.6 is 22.9 Å². The lowest BCUT2D eigenvalue weighted by atomic mass is 10.2. The predicted molar refractivity (Wildman–Crippen MR) is 66.9 cm³/mol. The Labute approximate surface area is 103 Å². The monoisotopic (exact) mass is 251 g/mol. The molecule has 82 valence electrons. The number of benzene rings is 1. The van der Waals surface area contributed by atoms with Crippen LogP contribution in [-0.2, 0) is 6.54 Å². The summed E-state index contributed by atoms with van der Waals surface area (Å²) in [5.41, 5.74) is 0.626. The van der Waals surface area contributed by atoms with Gasteiger partial charge in [0, 0.05) is 15.5 Å². The Morgan fingerprint density at radius 1 is 1.25 bits per heavy atom. The molecule has 2 rings (SSSR count). The SMILES string of the molecule is O=C(NCc1cccs1)c1ccc(Cl)cc1. The van der Waals surface area contributed by atoms with Crippen molar-refractivity contribution in [1.82, 2.24) is 5.32 Å². The Bertz CT molecular complexity index is 464. The summed E-state index contributed by atoms with van der Waals surface area (Å²) in [6.07, 6.45) is 0. The van der Waals surface area contributed by atoms with Crippen LogP contribution in [0.1, 0.15) is 15.2 Å². The van der Waals surface area contributed by atoms with E-state index in [1.165, 1.54) is 0 Å². The van der Waals surface area contributed by atoms with Gasteiger partial charge in [0.2, 0.25) is 0 Å². The molecule has 0 aliphatic heterocycles. The Hall–Kier alpha value is -1.32. The molecule has 0 aliphatic rings. The molecule has 16 heavy (non-hydrogen) atoms. The highest BCUT2D eigenvalue weighted by Gasteiger charge is 2.04. The van der Waals surface area contributed by atoms with Gasteiger partial charge in [-0.1, -0.05) is 17.7 Å². The molecule has 0 aliphatic carbocycles. The molecule has 1 amide bonds. The zero-order valence-electron chi connectivity index (χ0n) is 8.44. The second-order valence-electron chi connectivity index (χ2n) is 3.27. The van der Waals surface area contributed by atoms with Crippen LogP contribution in [0.15, 0.2) is 41.8 Å². The van der Waals surface area contributed by atoms with Crippen molar-refractivity contribution in [1.29, 1.82) is 0 Å². The number of nitrogens with one attached hydrogen (secondary N) is 1. The van der Waals surface area contributed by atoms with Crippen LogP contribution in [0.4, 0.5) is 0 Å². The van der Waals surface area contributed by atoms with E-state index < -0.39 is 0 Å². The lowest BCUT2D eigenvalue weighted by Gasteiger charge is -2.03. The summed E-state index contributed by atoms with van der Waals surface area (Å²) >= 11 is 7.37. The largest absolute Gasteiger partial charge is 0.347 e. The first-order chi connectivity index (χ1) is 7.75. The maximum absolute atomic E-state index is 11.7. The summed E-state index contributed by atoms with van der Waals surface area (Å²) in [7, 11) is 0. The van der Waals surface area contributed by atoms with Crippen LogP contribution in [0.2, 0.25) is 5.02 Å². The minimum Gasteiger partial charge on any atom is -0.347 e. The molecule has 1 N–H and O–H groups in total. The average molecular weight is 252 g/mol. The van der Waals surface area contributed by atoms with Gasteiger partial charge in [0.1, 0.15) is 0 Å². The third kappa shape index (κ3) is 2.84. The van der Waals surface area contributed by atoms with E-state index in [1.54, 1.807) is 35.6 Å². The zero-order chi connectivity index (χ0) is 11.4. The smallest absolute Gasteiger partial charge is 0.251 e. The van der Waals surface area contributed by atoms with Gasteiger partial charge in [-0.15, -0.1) is 11.3 Å². The quantitative estimate of drug-likeness (QED) is 0.891. The third-order valence-electron chi connectivity index (χ3n) is 2.11. The molecule has 0 bridgehead atoms. The van der Waals surface area contributed by atoms with Gasteiger partial charge in [0.25, 0.3) is 5.91 Å². The van der Waals surface area contributed by atoms with Gasteiger partial charge in [-0.3, -0.25) is 4.79 Å². The van der Waals surface area contributed by atoms with Gasteiger partial charge < -0.3 is 5.32 Å². The fraction of sp³-hybridized carbons (Fsp3) is 0.0833. The maximum Gasteiger partial charge on any atom is 0.251 e. The Morgan fingerprint density at radius 3 is 2.62 bits per heavy atom. The number of halogens is 1. The van der Waals surface area contributed by atoms with Crippen molar-refractivity contribution in [2.45, 2.75) is 6.54 Å². The lowest BCUT2D eigenvalue weighted by molar-refractivity contribution is 0.0951. The summed E-state index contributed by atoms with van der Waals surface area (Å²) in [4.78, 5) is 12.8. The zero-order valence-corrected chi connectivity index (χ0v) is 10.0. The second-order valence-corrected chi connectivity index (χ2v) is 4.74. The molecule has 0 unspecified atom stereocenters. The Morgan fingerprint density at radius 2 is 2.00 bits per heavy atom. The van der Waals surface area contributed by atoms with Crippen molar-refractivity contribution in [2.75, 3.05) is 0 Å². The van der Waals surface area contributed by atoms with E-state index in [0.717, 1.165) is 4.88 Å². The van der Waals surface area contributed by atoms with E-state index in [4.69, 9.17) is 11.6 Å². The Balaban J connectivity index is 1.95. The number of carbonyl (C=O) groups is 1. The van der Waals surface area contributed by atoms with E-state index in [9.17, 15) is 4.79 Å². The first-order valence-electron chi connectivity index (χ1n) is 4.82. The van der Waals surface area contributed by atoms with E-state index >= 15 is 0 Å². The minimum atomic E-state index is -0.0786. The minimum absolute atomic E-state index is 0.0786. The van der Waals surface area contributed by atoms with Gasteiger partial charge in [-0.25, -0.2) is 0 Å². The number of hydrogen-bond donors (Lipinski definition) is 1. The summed E-state index contributed by atoms with van der Waals surface area (Å²) in [6.45, 7) is 0.569. The van der Waals surface area contributed by atoms with Gasteiger partial charge >= 0.3 is 0 Å². The molecule has 1 heterocycles. The fourth-order valence-corrected chi connectivity index (χ4v) is 2.05. The second kappa shape index (κ2) is 5.14. The topological polar surface area (TPSA) is 29.1 Å². The van der Waals surface area contributed by atoms with Gasteiger partial charge in [0.15, 0.2) is 0 Å². The number of carbonyl (C=O) groups excluding carboxylic acids is 1. The van der Waals surface area contributed by atoms with E-state index in [0.29, 0.717) is 17.1 Å². The van der Waals surface area contributed by atoms with Crippen molar-refractivity contribution < 1.29 is 4.79 Å². The average Bonchev–Trinajstić information content (AvgIpc) is 2.80. The van der Waals surface area contributed by atoms with Crippen molar-refractivity contribution >= 4 is 28.8 Å². The van der Waals surface area contributed by atoms with Crippen molar-refractivity contribution in [3.63, 3.8) is 0 Å². The number of hydrogen-bond acceptors (Lipinski definition) is 2. The summed E-state index contributed by atoms with van der Waals surface area (Å²) in [5.74, 6) is -0.0786. The highest BCUT2D eigenvalue weighted by atomic mass is 35.5. The number of rotatable bonds is 3. The van der Waals surface area contributed by atoms with Gasteiger partial charge in [-0.05, 0) is 35.7 Å². The van der Waals surface area contributed by atoms with Crippen LogP contribution in [0.3, 0.4) is 0 Å². The van der Waals surface area contributed by atoms with Gasteiger partial charge in [0.05, 0.1) is 6.54 Å². The highest BCUT2D eigenvalue weighted by Crippen LogP contribution is 2.10. The van der Waals surface area contributed by atoms with E-state index in [2.05, 4.69) is 5.32 Å². The summed E-state index contributed by atoms with van der Waals surface area (Å²) in [6, 6.07) is 10.8. The maximum atomic E-state index is 11.7. The normalized spacial score (nSPS) is 10.1. The number of amides is 1. The third-order valence-corrected chi connectivity index (χ3v) is 3.24. The van der Waals surface area contributed by atoms with Crippen LogP contribution in [0, 0.1) is 0 Å². The van der Waals surface area contributed by atoms with Crippen LogP contribution in [0.5, 0.6) is 0 Å². The first kappa shape index (κ1) is 11.2. The summed E-state index contributed by atoms with van der Waals surface area (Å²) < 4.78 is 0. The first-order valence-corrected chi connectivity index (χ1v) is 6.07. The van der Waals surface area contributed by atoms with Gasteiger partial charge in [-0.2, -0.15) is 0 Å². The molecule has 0 saturated carbocycles. The van der Waals surface area contributed by atoms with Crippen molar-refractivity contribution in [2.24, 2.45) is 0 Å². The van der Waals surface area contributed by atoms with Crippen molar-refractivity contribution in [3.8, 4) is 0 Å². The molecule has 0 atom stereocenters. The molecule has 0 saturated heterocycles. The predicted octanol–water partition coefficient (Wildman–Crippen LogP) is 3.33. The van der Waals surface area contributed by atoms with Crippen LogP contribution in [-0.4, -0.2) is 5.91 Å². The fourth-order valence-electron chi connectivity index (χ4n) is 1.28. The molecule has 4 heteroatoms. The van der Waals surface area contributed by atoms with Crippen LogP contribution in [0.25, 0.3) is 0 Å². The van der Waals surface area contributed by atoms with E-state index in [1.807, 2.05) is 17.5 Å². The molecule has 1 aromatic carbocycles. The Kier molecular flexibility index (Phi) is 3.59. The molecule has 2 aromatic rings. The molecule has 2 nitrogen and oxygen atoms in total. The molecule has 0 spiro atoms. The number of thiophene rings is 1. The lowest BCUT2D eigenvalue weighted by Crippen LogP contribution is -2.22. The summed E-state index contributed by atoms with van der Waals surface area (Å²) in [5, 5.41) is 5.47. The van der Waals surface area contributed by atoms with E-state index in [-0.39, 0.29) is 5.91 Å².